The smallest absolute Gasteiger partial charge is 0.297 e. The summed E-state index contributed by atoms with van der Waals surface area (Å²) in [5.41, 5.74) is 0. The summed E-state index contributed by atoms with van der Waals surface area (Å²) in [7, 11) is -2.73. The van der Waals surface area contributed by atoms with Crippen molar-refractivity contribution in [2.24, 2.45) is 0 Å². The Morgan fingerprint density at radius 2 is 1.79 bits per heavy atom. The van der Waals surface area contributed by atoms with E-state index in [1.165, 1.54) is 6.92 Å². The molecule has 1 aliphatic rings. The Morgan fingerprint density at radius 3 is 2.21 bits per heavy atom. The zero-order valence-electron chi connectivity index (χ0n) is 8.02. The van der Waals surface area contributed by atoms with Crippen LogP contribution in [0, 0.1) is 0 Å². The van der Waals surface area contributed by atoms with Crippen LogP contribution in [0.5, 0.6) is 0 Å². The summed E-state index contributed by atoms with van der Waals surface area (Å²) in [6.45, 7) is 1.17. The first kappa shape index (κ1) is 11.5. The molecular formula is C8H14O5S. The van der Waals surface area contributed by atoms with Crippen LogP contribution in [0.15, 0.2) is 0 Å². The fraction of sp³-hybridized carbons (Fsp3) is 0.875. The van der Waals surface area contributed by atoms with Gasteiger partial charge in [0.15, 0.2) is 10.7 Å². The second-order valence-corrected chi connectivity index (χ2v) is 4.75. The molecule has 5 nitrogen and oxygen atoms in total. The summed E-state index contributed by atoms with van der Waals surface area (Å²) >= 11 is 0. The van der Waals surface area contributed by atoms with Crippen LogP contribution >= 0.6 is 0 Å². The van der Waals surface area contributed by atoms with Crippen molar-refractivity contribution in [3.05, 3.63) is 0 Å². The maximum absolute atomic E-state index is 11.0. The molecule has 0 saturated heterocycles. The summed E-state index contributed by atoms with van der Waals surface area (Å²) < 4.78 is 22.0. The highest BCUT2D eigenvalue weighted by molar-refractivity contribution is 7.73. The predicted molar refractivity (Wildman–Crippen MR) is 49.0 cm³/mol. The maximum atomic E-state index is 11.0. The second kappa shape index (κ2) is 4.75. The Balaban J connectivity index is 2.65. The van der Waals surface area contributed by atoms with E-state index in [4.69, 9.17) is 4.89 Å². The Hall–Kier alpha value is -0.620. The standard InChI is InChI=1S/C8H14O5S/c1-7(9)12-13-8(14(10)11)5-3-2-4-6-8/h14H,2-6H2,1H3. The Labute approximate surface area is 84.3 Å². The lowest BCUT2D eigenvalue weighted by molar-refractivity contribution is -0.312. The molecule has 1 aliphatic carbocycles. The van der Waals surface area contributed by atoms with Crippen molar-refractivity contribution in [1.82, 2.24) is 0 Å². The first-order valence-electron chi connectivity index (χ1n) is 4.57. The minimum atomic E-state index is -2.73. The summed E-state index contributed by atoms with van der Waals surface area (Å²) in [4.78, 5) is 18.3. The van der Waals surface area contributed by atoms with Gasteiger partial charge in [-0.2, -0.15) is 4.89 Å². The molecule has 0 amide bonds. The average Bonchev–Trinajstić information content (AvgIpc) is 2.16. The summed E-state index contributed by atoms with van der Waals surface area (Å²) in [5, 5.41) is 0. The molecule has 82 valence electrons. The minimum absolute atomic E-state index is 0.402. The molecule has 0 spiro atoms. The fourth-order valence-corrected chi connectivity index (χ4v) is 2.32. The molecule has 0 aromatic heterocycles. The van der Waals surface area contributed by atoms with E-state index in [0.29, 0.717) is 12.8 Å². The Morgan fingerprint density at radius 1 is 1.21 bits per heavy atom. The highest BCUT2D eigenvalue weighted by atomic mass is 32.2. The van der Waals surface area contributed by atoms with Gasteiger partial charge in [0, 0.05) is 6.92 Å². The van der Waals surface area contributed by atoms with E-state index < -0.39 is 21.6 Å². The van der Waals surface area contributed by atoms with E-state index in [9.17, 15) is 13.2 Å². The number of hydrogen-bond donors (Lipinski definition) is 1. The highest BCUT2D eigenvalue weighted by Crippen LogP contribution is 2.32. The first-order chi connectivity index (χ1) is 6.57. The molecule has 0 unspecified atom stereocenters. The largest absolute Gasteiger partial charge is 0.339 e. The van der Waals surface area contributed by atoms with E-state index in [2.05, 4.69) is 4.89 Å². The van der Waals surface area contributed by atoms with Gasteiger partial charge in [-0.3, -0.25) is 4.89 Å². The average molecular weight is 222 g/mol. The van der Waals surface area contributed by atoms with E-state index in [0.717, 1.165) is 19.3 Å². The highest BCUT2D eigenvalue weighted by Gasteiger charge is 2.39. The molecule has 1 saturated carbocycles. The normalized spacial score (nSPS) is 20.7. The molecular weight excluding hydrogens is 208 g/mol. The van der Waals surface area contributed by atoms with Gasteiger partial charge in [0.05, 0.1) is 0 Å². The van der Waals surface area contributed by atoms with Crippen LogP contribution in [0.4, 0.5) is 0 Å². The van der Waals surface area contributed by atoms with Crippen LogP contribution in [-0.2, 0) is 25.3 Å². The van der Waals surface area contributed by atoms with Crippen LogP contribution in [0.3, 0.4) is 0 Å². The van der Waals surface area contributed by atoms with Gasteiger partial charge in [0.1, 0.15) is 0 Å². The molecule has 0 bridgehead atoms. The van der Waals surface area contributed by atoms with Gasteiger partial charge in [-0.1, -0.05) is 6.42 Å². The summed E-state index contributed by atoms with van der Waals surface area (Å²) in [6.07, 6.45) is 3.36. The third kappa shape index (κ3) is 2.68. The van der Waals surface area contributed by atoms with Crippen molar-refractivity contribution < 1.29 is 23.0 Å². The summed E-state index contributed by atoms with van der Waals surface area (Å²) in [5.74, 6) is -0.633. The molecule has 0 aromatic carbocycles. The molecule has 0 heterocycles. The van der Waals surface area contributed by atoms with E-state index in [1.807, 2.05) is 0 Å². The second-order valence-electron chi connectivity index (χ2n) is 3.42. The number of carbonyl (C=O) groups excluding carboxylic acids is 1. The molecule has 6 heteroatoms. The van der Waals surface area contributed by atoms with Crippen molar-refractivity contribution >= 4 is 16.7 Å². The van der Waals surface area contributed by atoms with Crippen LogP contribution in [0.2, 0.25) is 0 Å². The molecule has 0 aromatic rings. The topological polar surface area (TPSA) is 69.7 Å². The van der Waals surface area contributed by atoms with Crippen molar-refractivity contribution in [1.29, 1.82) is 0 Å². The lowest BCUT2D eigenvalue weighted by atomic mass is 9.97. The van der Waals surface area contributed by atoms with Gasteiger partial charge in [-0.05, 0) is 25.7 Å². The molecule has 0 aliphatic heterocycles. The Bertz CT molecular complexity index is 269. The van der Waals surface area contributed by atoms with Gasteiger partial charge < -0.3 is 0 Å². The van der Waals surface area contributed by atoms with E-state index >= 15 is 0 Å². The van der Waals surface area contributed by atoms with Crippen molar-refractivity contribution in [3.63, 3.8) is 0 Å². The van der Waals surface area contributed by atoms with Gasteiger partial charge in [-0.15, -0.1) is 0 Å². The van der Waals surface area contributed by atoms with Crippen LogP contribution in [0.1, 0.15) is 39.0 Å². The van der Waals surface area contributed by atoms with E-state index in [-0.39, 0.29) is 0 Å². The minimum Gasteiger partial charge on any atom is -0.297 e. The van der Waals surface area contributed by atoms with Gasteiger partial charge in [0.2, 0.25) is 4.93 Å². The quantitative estimate of drug-likeness (QED) is 0.433. The third-order valence-corrected chi connectivity index (χ3v) is 3.47. The number of rotatable bonds is 3. The molecule has 1 rings (SSSR count). The number of thiol groups is 1. The van der Waals surface area contributed by atoms with Gasteiger partial charge >= 0.3 is 5.97 Å². The number of hydrogen-bond acceptors (Lipinski definition) is 5. The van der Waals surface area contributed by atoms with Crippen molar-refractivity contribution in [3.8, 4) is 0 Å². The monoisotopic (exact) mass is 222 g/mol. The third-order valence-electron chi connectivity index (χ3n) is 2.28. The molecule has 1 fully saturated rings. The molecule has 0 radical (unpaired) electrons. The van der Waals surface area contributed by atoms with Crippen LogP contribution in [-0.4, -0.2) is 19.3 Å². The van der Waals surface area contributed by atoms with Crippen molar-refractivity contribution in [2.75, 3.05) is 0 Å². The van der Waals surface area contributed by atoms with Crippen molar-refractivity contribution in [2.45, 2.75) is 44.0 Å². The lowest BCUT2D eigenvalue weighted by Gasteiger charge is -2.29. The lowest BCUT2D eigenvalue weighted by Crippen LogP contribution is -2.37. The first-order valence-corrected chi connectivity index (χ1v) is 5.75. The molecule has 0 atom stereocenters. The van der Waals surface area contributed by atoms with Gasteiger partial charge in [0.25, 0.3) is 0 Å². The summed E-state index contributed by atoms with van der Waals surface area (Å²) in [6, 6.07) is 0. The molecule has 14 heavy (non-hydrogen) atoms. The zero-order chi connectivity index (χ0) is 10.6. The fourth-order valence-electron chi connectivity index (χ4n) is 1.54. The van der Waals surface area contributed by atoms with E-state index in [1.54, 1.807) is 0 Å². The van der Waals surface area contributed by atoms with Gasteiger partial charge in [-0.25, -0.2) is 13.2 Å². The Kier molecular flexibility index (Phi) is 3.88. The van der Waals surface area contributed by atoms with Crippen LogP contribution in [0.25, 0.3) is 0 Å². The zero-order valence-corrected chi connectivity index (χ0v) is 8.92. The number of carbonyl (C=O) groups is 1. The maximum Gasteiger partial charge on any atom is 0.339 e. The predicted octanol–water partition coefficient (Wildman–Crippen LogP) is 0.753. The van der Waals surface area contributed by atoms with Crippen LogP contribution < -0.4 is 0 Å². The molecule has 0 N–H and O–H groups in total. The SMILES string of the molecule is CC(=O)OOC1([SH](=O)=O)CCCCC1.